The minimum Gasteiger partial charge on any atom is -0.310 e. The minimum absolute atomic E-state index is 0.00864. The number of nitrogens with zero attached hydrogens (tertiary/aromatic N) is 1. The van der Waals surface area contributed by atoms with E-state index in [9.17, 15) is 8.78 Å². The summed E-state index contributed by atoms with van der Waals surface area (Å²) in [5.41, 5.74) is 0.707. The number of hydrogen-bond acceptors (Lipinski definition) is 2. The van der Waals surface area contributed by atoms with E-state index in [-0.39, 0.29) is 6.04 Å². The molecule has 2 nitrogen and oxygen atoms in total. The average Bonchev–Trinajstić information content (AvgIpc) is 2.44. The number of hydrogen-bond donors (Lipinski definition) is 1. The summed E-state index contributed by atoms with van der Waals surface area (Å²) in [7, 11) is 0. The predicted molar refractivity (Wildman–Crippen MR) is 82.3 cm³/mol. The molecule has 4 heteroatoms. The van der Waals surface area contributed by atoms with E-state index in [1.807, 2.05) is 6.92 Å². The second kappa shape index (κ2) is 7.85. The van der Waals surface area contributed by atoms with Gasteiger partial charge in [0.25, 0.3) is 0 Å². The Balaban J connectivity index is 2.01. The first kappa shape index (κ1) is 16.4. The molecule has 1 aromatic carbocycles. The molecular weight excluding hydrogens is 270 g/mol. The van der Waals surface area contributed by atoms with Gasteiger partial charge in [0, 0.05) is 24.7 Å². The van der Waals surface area contributed by atoms with Gasteiger partial charge in [-0.2, -0.15) is 0 Å². The van der Waals surface area contributed by atoms with Crippen molar-refractivity contribution >= 4 is 0 Å². The van der Waals surface area contributed by atoms with E-state index in [4.69, 9.17) is 0 Å². The van der Waals surface area contributed by atoms with Crippen LogP contribution >= 0.6 is 0 Å². The fraction of sp³-hybridized carbons (Fsp3) is 0.647. The van der Waals surface area contributed by atoms with Crippen molar-refractivity contribution in [2.24, 2.45) is 0 Å². The van der Waals surface area contributed by atoms with Crippen LogP contribution in [0.4, 0.5) is 8.78 Å². The lowest BCUT2D eigenvalue weighted by molar-refractivity contribution is 0.153. The van der Waals surface area contributed by atoms with Gasteiger partial charge in [-0.3, -0.25) is 0 Å². The Morgan fingerprint density at radius 3 is 2.57 bits per heavy atom. The van der Waals surface area contributed by atoms with Gasteiger partial charge in [0.1, 0.15) is 11.6 Å². The van der Waals surface area contributed by atoms with Crippen molar-refractivity contribution in [2.75, 3.05) is 19.6 Å². The zero-order chi connectivity index (χ0) is 15.2. The third kappa shape index (κ3) is 4.75. The van der Waals surface area contributed by atoms with Crippen LogP contribution in [0.1, 0.15) is 51.1 Å². The van der Waals surface area contributed by atoms with Gasteiger partial charge in [-0.05, 0) is 57.0 Å². The van der Waals surface area contributed by atoms with Crippen molar-refractivity contribution in [3.05, 3.63) is 35.4 Å². The zero-order valence-corrected chi connectivity index (χ0v) is 13.0. The normalized spacial score (nSPS) is 21.4. The number of nitrogens with one attached hydrogen (secondary N) is 1. The molecule has 1 heterocycles. The maximum atomic E-state index is 13.4. The van der Waals surface area contributed by atoms with E-state index in [2.05, 4.69) is 17.1 Å². The fourth-order valence-electron chi connectivity index (χ4n) is 3.19. The Morgan fingerprint density at radius 2 is 1.95 bits per heavy atom. The molecule has 1 saturated heterocycles. The van der Waals surface area contributed by atoms with Gasteiger partial charge < -0.3 is 10.2 Å². The molecule has 2 atom stereocenters. The molecule has 0 bridgehead atoms. The van der Waals surface area contributed by atoms with Crippen LogP contribution in [0, 0.1) is 11.6 Å². The summed E-state index contributed by atoms with van der Waals surface area (Å²) in [6, 6.07) is 4.44. The molecule has 0 spiro atoms. The summed E-state index contributed by atoms with van der Waals surface area (Å²) in [5.74, 6) is -1.00. The monoisotopic (exact) mass is 296 g/mol. The van der Waals surface area contributed by atoms with Crippen LogP contribution in [0.3, 0.4) is 0 Å². The summed E-state index contributed by atoms with van der Waals surface area (Å²) >= 11 is 0. The van der Waals surface area contributed by atoms with Crippen molar-refractivity contribution in [2.45, 2.75) is 51.6 Å². The first-order chi connectivity index (χ1) is 10.1. The molecule has 1 aliphatic rings. The van der Waals surface area contributed by atoms with Gasteiger partial charge in [0.2, 0.25) is 0 Å². The van der Waals surface area contributed by atoms with Crippen LogP contribution < -0.4 is 5.32 Å². The molecule has 2 unspecified atom stereocenters. The summed E-state index contributed by atoms with van der Waals surface area (Å²) in [5, 5.41) is 3.35. The molecule has 1 fully saturated rings. The van der Waals surface area contributed by atoms with E-state index in [1.54, 1.807) is 0 Å². The van der Waals surface area contributed by atoms with E-state index in [0.717, 1.165) is 32.1 Å². The van der Waals surface area contributed by atoms with Gasteiger partial charge in [-0.25, -0.2) is 8.78 Å². The number of benzene rings is 1. The third-order valence-corrected chi connectivity index (χ3v) is 4.38. The smallest absolute Gasteiger partial charge is 0.126 e. The molecule has 0 saturated carbocycles. The summed E-state index contributed by atoms with van der Waals surface area (Å²) < 4.78 is 26.8. The molecule has 1 aliphatic heterocycles. The molecule has 2 rings (SSSR count). The SMILES string of the molecule is CCNC(CCN1CCCCC1C)c1cc(F)cc(F)c1. The van der Waals surface area contributed by atoms with Crippen molar-refractivity contribution in [1.82, 2.24) is 10.2 Å². The Labute approximate surface area is 126 Å². The van der Waals surface area contributed by atoms with Crippen molar-refractivity contribution in [3.63, 3.8) is 0 Å². The minimum atomic E-state index is -0.501. The fourth-order valence-corrected chi connectivity index (χ4v) is 3.19. The Morgan fingerprint density at radius 1 is 1.24 bits per heavy atom. The van der Waals surface area contributed by atoms with E-state index in [0.29, 0.717) is 11.6 Å². The quantitative estimate of drug-likeness (QED) is 0.857. The van der Waals surface area contributed by atoms with Crippen LogP contribution in [0.5, 0.6) is 0 Å². The Bertz CT molecular complexity index is 430. The lowest BCUT2D eigenvalue weighted by Crippen LogP contribution is -2.39. The Kier molecular flexibility index (Phi) is 6.12. The lowest BCUT2D eigenvalue weighted by Gasteiger charge is -2.34. The molecular formula is C17H26F2N2. The predicted octanol–water partition coefficient (Wildman–Crippen LogP) is 3.88. The van der Waals surface area contributed by atoms with Crippen molar-refractivity contribution in [1.29, 1.82) is 0 Å². The molecule has 0 aromatic heterocycles. The summed E-state index contributed by atoms with van der Waals surface area (Å²) in [6.45, 7) is 7.18. The molecule has 0 amide bonds. The highest BCUT2D eigenvalue weighted by atomic mass is 19.1. The number of rotatable bonds is 6. The molecule has 21 heavy (non-hydrogen) atoms. The molecule has 1 N–H and O–H groups in total. The summed E-state index contributed by atoms with van der Waals surface area (Å²) in [6.07, 6.45) is 4.69. The van der Waals surface area contributed by atoms with Crippen molar-refractivity contribution < 1.29 is 8.78 Å². The van der Waals surface area contributed by atoms with Gasteiger partial charge in [-0.1, -0.05) is 13.3 Å². The molecule has 1 aromatic rings. The second-order valence-corrected chi connectivity index (χ2v) is 5.98. The van der Waals surface area contributed by atoms with Gasteiger partial charge >= 0.3 is 0 Å². The lowest BCUT2D eigenvalue weighted by atomic mass is 10.00. The van der Waals surface area contributed by atoms with E-state index >= 15 is 0 Å². The third-order valence-electron chi connectivity index (χ3n) is 4.38. The van der Waals surface area contributed by atoms with E-state index in [1.165, 1.54) is 31.4 Å². The van der Waals surface area contributed by atoms with Crippen LogP contribution in [0.15, 0.2) is 18.2 Å². The van der Waals surface area contributed by atoms with Crippen LogP contribution in [-0.2, 0) is 0 Å². The maximum Gasteiger partial charge on any atom is 0.126 e. The first-order valence-electron chi connectivity index (χ1n) is 8.03. The highest BCUT2D eigenvalue weighted by Crippen LogP contribution is 2.22. The van der Waals surface area contributed by atoms with Gasteiger partial charge in [0.15, 0.2) is 0 Å². The van der Waals surface area contributed by atoms with E-state index < -0.39 is 11.6 Å². The standard InChI is InChI=1S/C17H26F2N2/c1-3-20-17(14-10-15(18)12-16(19)11-14)7-9-21-8-5-4-6-13(21)2/h10-13,17,20H,3-9H2,1-2H3. The zero-order valence-electron chi connectivity index (χ0n) is 13.0. The van der Waals surface area contributed by atoms with Crippen LogP contribution in [-0.4, -0.2) is 30.6 Å². The van der Waals surface area contributed by atoms with Gasteiger partial charge in [-0.15, -0.1) is 0 Å². The van der Waals surface area contributed by atoms with Crippen molar-refractivity contribution in [3.8, 4) is 0 Å². The second-order valence-electron chi connectivity index (χ2n) is 5.98. The number of piperidine rings is 1. The molecule has 118 valence electrons. The van der Waals surface area contributed by atoms with Crippen LogP contribution in [0.25, 0.3) is 0 Å². The average molecular weight is 296 g/mol. The Hall–Kier alpha value is -1.00. The highest BCUT2D eigenvalue weighted by molar-refractivity contribution is 5.21. The number of halogens is 2. The molecule has 0 radical (unpaired) electrons. The molecule has 0 aliphatic carbocycles. The van der Waals surface area contributed by atoms with Crippen LogP contribution in [0.2, 0.25) is 0 Å². The first-order valence-corrected chi connectivity index (χ1v) is 8.03. The largest absolute Gasteiger partial charge is 0.310 e. The maximum absolute atomic E-state index is 13.4. The number of likely N-dealkylation sites (tertiary alicyclic amines) is 1. The van der Waals surface area contributed by atoms with Gasteiger partial charge in [0.05, 0.1) is 0 Å². The highest BCUT2D eigenvalue weighted by Gasteiger charge is 2.20. The topological polar surface area (TPSA) is 15.3 Å². The summed E-state index contributed by atoms with van der Waals surface area (Å²) in [4.78, 5) is 2.49.